The fourth-order valence-corrected chi connectivity index (χ4v) is 4.28. The summed E-state index contributed by atoms with van der Waals surface area (Å²) in [5.41, 5.74) is 2.34. The van der Waals surface area contributed by atoms with Gasteiger partial charge >= 0.3 is 0 Å². The fraction of sp³-hybridized carbons (Fsp3) is 0.0526. The first-order chi connectivity index (χ1) is 13.6. The Kier molecular flexibility index (Phi) is 5.52. The first-order valence-electron chi connectivity index (χ1n) is 8.17. The van der Waals surface area contributed by atoms with E-state index < -0.39 is 0 Å². The Balaban J connectivity index is 1.67. The molecule has 2 heterocycles. The molecule has 0 atom stereocenters. The zero-order valence-electron chi connectivity index (χ0n) is 14.3. The van der Waals surface area contributed by atoms with E-state index in [0.29, 0.717) is 32.3 Å². The molecule has 140 valence electrons. The highest BCUT2D eigenvalue weighted by Gasteiger charge is 2.32. The molecule has 1 aromatic heterocycles. The smallest absolute Gasteiger partial charge is 0.266 e. The molecule has 0 saturated carbocycles. The first-order valence-corrected chi connectivity index (χ1v) is 10.3. The molecule has 9 heteroatoms. The minimum Gasteiger partial charge on any atom is -0.266 e. The maximum absolute atomic E-state index is 13.3. The number of aliphatic imine (C=N–C) groups is 1. The molecule has 4 rings (SSSR count). The molecule has 0 spiro atoms. The van der Waals surface area contributed by atoms with Crippen molar-refractivity contribution in [3.8, 4) is 0 Å². The molecular weight excluding hydrogens is 419 g/mol. The second-order valence-electron chi connectivity index (χ2n) is 5.73. The zero-order valence-corrected chi connectivity index (χ0v) is 16.6. The van der Waals surface area contributed by atoms with Crippen molar-refractivity contribution < 1.29 is 9.18 Å². The number of rotatable bonds is 4. The molecule has 28 heavy (non-hydrogen) atoms. The maximum atomic E-state index is 13.3. The Morgan fingerprint density at radius 3 is 2.57 bits per heavy atom. The molecule has 0 N–H and O–H groups in total. The van der Waals surface area contributed by atoms with E-state index in [1.165, 1.54) is 28.8 Å². The number of thioether (sulfide) groups is 1. The number of benzene rings is 2. The lowest BCUT2D eigenvalue weighted by atomic mass is 10.2. The minimum atomic E-state index is -0.373. The van der Waals surface area contributed by atoms with Gasteiger partial charge in [0, 0.05) is 17.3 Å². The summed E-state index contributed by atoms with van der Waals surface area (Å²) in [6.45, 7) is 0. The van der Waals surface area contributed by atoms with Crippen LogP contribution >= 0.6 is 34.9 Å². The van der Waals surface area contributed by atoms with Crippen LogP contribution in [-0.2, 0) is 10.5 Å². The third-order valence-electron chi connectivity index (χ3n) is 3.86. The highest BCUT2D eigenvalue weighted by atomic mass is 35.5. The Morgan fingerprint density at radius 2 is 1.89 bits per heavy atom. The van der Waals surface area contributed by atoms with Gasteiger partial charge in [0.15, 0.2) is 5.17 Å². The molecule has 0 saturated heterocycles. The summed E-state index contributed by atoms with van der Waals surface area (Å²) in [4.78, 5) is 19.0. The predicted octanol–water partition coefficient (Wildman–Crippen LogP) is 5.01. The van der Waals surface area contributed by atoms with Crippen LogP contribution in [0.5, 0.6) is 0 Å². The van der Waals surface area contributed by atoms with E-state index >= 15 is 0 Å². The van der Waals surface area contributed by atoms with Crippen molar-refractivity contribution in [2.45, 2.75) is 5.75 Å². The van der Waals surface area contributed by atoms with E-state index in [0.717, 1.165) is 17.1 Å². The van der Waals surface area contributed by atoms with E-state index in [-0.39, 0.29) is 11.7 Å². The van der Waals surface area contributed by atoms with Crippen molar-refractivity contribution >= 4 is 57.7 Å². The summed E-state index contributed by atoms with van der Waals surface area (Å²) in [5.74, 6) is -0.236. The quantitative estimate of drug-likeness (QED) is 0.546. The molecule has 5 nitrogen and oxygen atoms in total. The molecule has 0 fully saturated rings. The lowest BCUT2D eigenvalue weighted by molar-refractivity contribution is -0.113. The van der Waals surface area contributed by atoms with Gasteiger partial charge in [-0.15, -0.1) is 5.10 Å². The van der Waals surface area contributed by atoms with Gasteiger partial charge in [-0.2, -0.15) is 0 Å². The standard InChI is InChI=1S/C19H12ClFN4OS2/c20-17-16(23-24-28-17)11-27-19-22-15(10-12-4-2-1-3-5-12)18(26)25(19)14-8-6-13(21)7-9-14/h1-10H,11H2/b15-10+. The molecule has 0 radical (unpaired) electrons. The largest absolute Gasteiger partial charge is 0.283 e. The zero-order chi connectivity index (χ0) is 19.5. The normalized spacial score (nSPS) is 15.4. The highest BCUT2D eigenvalue weighted by Crippen LogP contribution is 2.32. The fourth-order valence-electron chi connectivity index (χ4n) is 2.53. The third-order valence-corrected chi connectivity index (χ3v) is 5.80. The van der Waals surface area contributed by atoms with Gasteiger partial charge in [0.1, 0.15) is 21.5 Å². The summed E-state index contributed by atoms with van der Waals surface area (Å²) in [5, 5.41) is 4.46. The summed E-state index contributed by atoms with van der Waals surface area (Å²) in [7, 11) is 0. The summed E-state index contributed by atoms with van der Waals surface area (Å²) < 4.78 is 17.6. The van der Waals surface area contributed by atoms with Gasteiger partial charge in [0.2, 0.25) is 0 Å². The molecule has 0 unspecified atom stereocenters. The van der Waals surface area contributed by atoms with Gasteiger partial charge in [-0.3, -0.25) is 9.69 Å². The molecule has 3 aromatic rings. The van der Waals surface area contributed by atoms with Crippen molar-refractivity contribution in [1.29, 1.82) is 0 Å². The molecule has 1 amide bonds. The molecule has 0 bridgehead atoms. The van der Waals surface area contributed by atoms with Crippen LogP contribution in [0.2, 0.25) is 4.34 Å². The van der Waals surface area contributed by atoms with Crippen molar-refractivity contribution in [3.05, 3.63) is 81.7 Å². The third kappa shape index (κ3) is 3.99. The second kappa shape index (κ2) is 8.22. The van der Waals surface area contributed by atoms with Gasteiger partial charge in [0.05, 0.1) is 5.69 Å². The lowest BCUT2D eigenvalue weighted by Gasteiger charge is -2.17. The number of halogens is 2. The van der Waals surface area contributed by atoms with Crippen molar-refractivity contribution in [3.63, 3.8) is 0 Å². The Labute approximate surface area is 173 Å². The van der Waals surface area contributed by atoms with Crippen LogP contribution in [0.1, 0.15) is 11.3 Å². The topological polar surface area (TPSA) is 58.5 Å². The Hall–Kier alpha value is -2.55. The second-order valence-corrected chi connectivity index (χ2v) is 8.03. The number of nitrogens with zero attached hydrogens (tertiary/aromatic N) is 4. The molecule has 0 aliphatic carbocycles. The Bertz CT molecular complexity index is 1070. The summed E-state index contributed by atoms with van der Waals surface area (Å²) >= 11 is 8.49. The maximum Gasteiger partial charge on any atom is 0.283 e. The number of hydrogen-bond donors (Lipinski definition) is 0. The number of carbonyl (C=O) groups excluding carboxylic acids is 1. The van der Waals surface area contributed by atoms with E-state index in [9.17, 15) is 9.18 Å². The van der Waals surface area contributed by atoms with E-state index in [2.05, 4.69) is 14.6 Å². The molecular formula is C19H12ClFN4OS2. The molecule has 1 aliphatic rings. The van der Waals surface area contributed by atoms with Gasteiger partial charge in [-0.05, 0) is 35.9 Å². The van der Waals surface area contributed by atoms with Crippen LogP contribution in [0.15, 0.2) is 65.3 Å². The number of anilines is 1. The number of hydrogen-bond acceptors (Lipinski definition) is 6. The van der Waals surface area contributed by atoms with Crippen LogP contribution in [0.3, 0.4) is 0 Å². The summed E-state index contributed by atoms with van der Waals surface area (Å²) in [6, 6.07) is 15.2. The molecule has 1 aliphatic heterocycles. The van der Waals surface area contributed by atoms with Crippen molar-refractivity contribution in [1.82, 2.24) is 9.59 Å². The number of amides is 1. The van der Waals surface area contributed by atoms with Gasteiger partial charge < -0.3 is 0 Å². The van der Waals surface area contributed by atoms with Crippen molar-refractivity contribution in [2.75, 3.05) is 4.90 Å². The van der Waals surface area contributed by atoms with E-state index in [1.807, 2.05) is 30.3 Å². The number of amidine groups is 1. The van der Waals surface area contributed by atoms with Crippen LogP contribution in [0, 0.1) is 5.82 Å². The van der Waals surface area contributed by atoms with E-state index in [1.54, 1.807) is 18.2 Å². The minimum absolute atomic E-state index is 0.277. The molecule has 2 aromatic carbocycles. The summed E-state index contributed by atoms with van der Waals surface area (Å²) in [6.07, 6.45) is 1.73. The lowest BCUT2D eigenvalue weighted by Crippen LogP contribution is -2.30. The van der Waals surface area contributed by atoms with Crippen LogP contribution in [0.4, 0.5) is 10.1 Å². The van der Waals surface area contributed by atoms with Crippen LogP contribution in [-0.4, -0.2) is 20.7 Å². The van der Waals surface area contributed by atoms with Gasteiger partial charge in [0.25, 0.3) is 5.91 Å². The van der Waals surface area contributed by atoms with Crippen molar-refractivity contribution in [2.24, 2.45) is 4.99 Å². The SMILES string of the molecule is O=C1/C(=C\c2ccccc2)N=C(SCc2nnsc2Cl)N1c1ccc(F)cc1. The van der Waals surface area contributed by atoms with Gasteiger partial charge in [-0.25, -0.2) is 9.38 Å². The predicted molar refractivity (Wildman–Crippen MR) is 112 cm³/mol. The average Bonchev–Trinajstić information content (AvgIpc) is 3.25. The van der Waals surface area contributed by atoms with Gasteiger partial charge in [-0.1, -0.05) is 58.2 Å². The average molecular weight is 431 g/mol. The highest BCUT2D eigenvalue weighted by molar-refractivity contribution is 8.13. The van der Waals surface area contributed by atoms with Crippen LogP contribution in [0.25, 0.3) is 6.08 Å². The Morgan fingerprint density at radius 1 is 1.14 bits per heavy atom. The monoisotopic (exact) mass is 430 g/mol. The number of carbonyl (C=O) groups is 1. The van der Waals surface area contributed by atoms with E-state index in [4.69, 9.17) is 11.6 Å². The number of aromatic nitrogens is 2. The van der Waals surface area contributed by atoms with Crippen LogP contribution < -0.4 is 4.90 Å². The first kappa shape index (κ1) is 18.8.